The van der Waals surface area contributed by atoms with E-state index in [1.807, 2.05) is 6.92 Å². The Kier molecular flexibility index (Phi) is 7.55. The van der Waals surface area contributed by atoms with Crippen molar-refractivity contribution in [3.63, 3.8) is 0 Å². The van der Waals surface area contributed by atoms with Crippen LogP contribution in [0, 0.1) is 11.3 Å². The molecule has 8 heteroatoms. The van der Waals surface area contributed by atoms with Crippen molar-refractivity contribution in [2.75, 3.05) is 19.7 Å². The summed E-state index contributed by atoms with van der Waals surface area (Å²) in [6, 6.07) is -0.167. The lowest BCUT2D eigenvalue weighted by Crippen LogP contribution is -2.64. The molecule has 32 heavy (non-hydrogen) atoms. The Balaban J connectivity index is 1.69. The van der Waals surface area contributed by atoms with Crippen LogP contribution in [0.2, 0.25) is 0 Å². The fourth-order valence-corrected chi connectivity index (χ4v) is 5.92. The number of piperidine rings is 1. The second-order valence-electron chi connectivity index (χ2n) is 10.7. The van der Waals surface area contributed by atoms with Crippen molar-refractivity contribution >= 4 is 17.9 Å². The van der Waals surface area contributed by atoms with Crippen LogP contribution in [0.3, 0.4) is 0 Å². The number of rotatable bonds is 5. The fraction of sp³-hybridized carbons (Fsp3) is 0.875. The summed E-state index contributed by atoms with van der Waals surface area (Å²) in [7, 11) is 0. The van der Waals surface area contributed by atoms with E-state index >= 15 is 0 Å². The maximum absolute atomic E-state index is 11.8. The highest BCUT2D eigenvalue weighted by molar-refractivity contribution is 5.68. The molecule has 1 spiro atoms. The fourth-order valence-electron chi connectivity index (χ4n) is 5.92. The molecule has 1 aliphatic carbocycles. The van der Waals surface area contributed by atoms with E-state index in [4.69, 9.17) is 18.9 Å². The largest absolute Gasteiger partial charge is 0.457 e. The molecule has 2 heterocycles. The zero-order valence-corrected chi connectivity index (χ0v) is 20.3. The minimum atomic E-state index is -0.820. The SMILES string of the molecule is CC(=O)O[C@H]1[C@H](OC(C)=O)[C@@H](C)N(CC2CCC3(CC2)COC(C)(C)C3)C[C@@H]1OC(C)=O. The Labute approximate surface area is 191 Å². The molecule has 3 rings (SSSR count). The highest BCUT2D eigenvalue weighted by Gasteiger charge is 2.49. The van der Waals surface area contributed by atoms with Gasteiger partial charge in [0, 0.05) is 39.9 Å². The normalized spacial score (nSPS) is 37.1. The first-order valence-corrected chi connectivity index (χ1v) is 11.8. The summed E-state index contributed by atoms with van der Waals surface area (Å²) in [4.78, 5) is 37.5. The van der Waals surface area contributed by atoms with Crippen molar-refractivity contribution < 1.29 is 33.3 Å². The Morgan fingerprint density at radius 2 is 1.50 bits per heavy atom. The van der Waals surface area contributed by atoms with Crippen LogP contribution in [-0.2, 0) is 33.3 Å². The Bertz CT molecular complexity index is 713. The molecule has 2 saturated heterocycles. The standard InChI is InChI=1S/C24H39NO7/c1-15-21(31-17(3)27)22(32-18(4)28)20(30-16(2)26)12-25(15)11-19-7-9-24(10-8-19)13-23(5,6)29-14-24/h15,19-22H,7-14H2,1-6H3/t15-,19?,20+,21-,22-,24?/m1/s1. The third kappa shape index (κ3) is 6.01. The second kappa shape index (κ2) is 9.67. The Hall–Kier alpha value is -1.67. The van der Waals surface area contributed by atoms with E-state index in [0.717, 1.165) is 45.3 Å². The molecular weight excluding hydrogens is 414 g/mol. The van der Waals surface area contributed by atoms with Crippen LogP contribution in [0.25, 0.3) is 0 Å². The molecule has 4 atom stereocenters. The first-order chi connectivity index (χ1) is 14.9. The van der Waals surface area contributed by atoms with E-state index in [1.165, 1.54) is 20.8 Å². The van der Waals surface area contributed by atoms with Gasteiger partial charge in [-0.3, -0.25) is 19.3 Å². The van der Waals surface area contributed by atoms with Crippen LogP contribution in [0.15, 0.2) is 0 Å². The molecule has 0 unspecified atom stereocenters. The van der Waals surface area contributed by atoms with Gasteiger partial charge in [-0.1, -0.05) is 0 Å². The average molecular weight is 454 g/mol. The van der Waals surface area contributed by atoms with Gasteiger partial charge in [0.15, 0.2) is 18.3 Å². The van der Waals surface area contributed by atoms with Crippen LogP contribution in [0.1, 0.15) is 73.6 Å². The molecule has 3 fully saturated rings. The smallest absolute Gasteiger partial charge is 0.303 e. The first kappa shape index (κ1) is 25.0. The first-order valence-electron chi connectivity index (χ1n) is 11.8. The third-order valence-electron chi connectivity index (χ3n) is 7.31. The number of esters is 3. The molecule has 0 aromatic heterocycles. The van der Waals surface area contributed by atoms with Gasteiger partial charge < -0.3 is 18.9 Å². The summed E-state index contributed by atoms with van der Waals surface area (Å²) in [5.41, 5.74) is 0.267. The van der Waals surface area contributed by atoms with Crippen molar-refractivity contribution in [3.05, 3.63) is 0 Å². The van der Waals surface area contributed by atoms with E-state index in [0.29, 0.717) is 17.9 Å². The van der Waals surface area contributed by atoms with E-state index in [1.54, 1.807) is 0 Å². The topological polar surface area (TPSA) is 91.4 Å². The van der Waals surface area contributed by atoms with Crippen molar-refractivity contribution in [1.29, 1.82) is 0 Å². The van der Waals surface area contributed by atoms with E-state index in [9.17, 15) is 14.4 Å². The molecule has 182 valence electrons. The predicted octanol–water partition coefficient (Wildman–Crippen LogP) is 2.86. The van der Waals surface area contributed by atoms with Gasteiger partial charge in [0.2, 0.25) is 0 Å². The summed E-state index contributed by atoms with van der Waals surface area (Å²) >= 11 is 0. The van der Waals surface area contributed by atoms with Gasteiger partial charge in [-0.15, -0.1) is 0 Å². The predicted molar refractivity (Wildman–Crippen MR) is 117 cm³/mol. The number of carbonyl (C=O) groups is 3. The van der Waals surface area contributed by atoms with Gasteiger partial charge in [0.25, 0.3) is 0 Å². The van der Waals surface area contributed by atoms with Crippen LogP contribution in [-0.4, -0.2) is 72.5 Å². The average Bonchev–Trinajstić information content (AvgIpc) is 2.97. The van der Waals surface area contributed by atoms with Crippen LogP contribution in [0.5, 0.6) is 0 Å². The molecular formula is C24H39NO7. The molecule has 0 bridgehead atoms. The van der Waals surface area contributed by atoms with Gasteiger partial charge >= 0.3 is 17.9 Å². The highest BCUT2D eigenvalue weighted by atomic mass is 16.6. The van der Waals surface area contributed by atoms with Crippen molar-refractivity contribution in [2.45, 2.75) is 104 Å². The molecule has 1 saturated carbocycles. The van der Waals surface area contributed by atoms with E-state index < -0.39 is 36.2 Å². The maximum Gasteiger partial charge on any atom is 0.303 e. The van der Waals surface area contributed by atoms with Gasteiger partial charge in [-0.25, -0.2) is 0 Å². The van der Waals surface area contributed by atoms with E-state index in [2.05, 4.69) is 18.7 Å². The van der Waals surface area contributed by atoms with Gasteiger partial charge in [-0.05, 0) is 64.2 Å². The number of likely N-dealkylation sites (tertiary alicyclic amines) is 1. The zero-order chi connectivity index (χ0) is 23.7. The number of hydrogen-bond donors (Lipinski definition) is 0. The minimum Gasteiger partial charge on any atom is -0.457 e. The number of hydrogen-bond acceptors (Lipinski definition) is 8. The van der Waals surface area contributed by atoms with Gasteiger partial charge in [0.05, 0.1) is 12.2 Å². The lowest BCUT2D eigenvalue weighted by Gasteiger charge is -2.47. The third-order valence-corrected chi connectivity index (χ3v) is 7.31. The molecule has 8 nitrogen and oxygen atoms in total. The molecule has 0 N–H and O–H groups in total. The van der Waals surface area contributed by atoms with Crippen molar-refractivity contribution in [3.8, 4) is 0 Å². The van der Waals surface area contributed by atoms with E-state index in [-0.39, 0.29) is 11.6 Å². The lowest BCUT2D eigenvalue weighted by molar-refractivity contribution is -0.203. The number of nitrogens with zero attached hydrogens (tertiary/aromatic N) is 1. The van der Waals surface area contributed by atoms with Crippen molar-refractivity contribution in [1.82, 2.24) is 4.90 Å². The summed E-state index contributed by atoms with van der Waals surface area (Å²) in [6.07, 6.45) is 3.45. The molecule has 0 radical (unpaired) electrons. The quantitative estimate of drug-likeness (QED) is 0.464. The van der Waals surface area contributed by atoms with Crippen LogP contribution in [0.4, 0.5) is 0 Å². The number of carbonyl (C=O) groups excluding carboxylic acids is 3. The summed E-state index contributed by atoms with van der Waals surface area (Å²) < 4.78 is 22.6. The number of ether oxygens (including phenoxy) is 4. The summed E-state index contributed by atoms with van der Waals surface area (Å²) in [5, 5.41) is 0. The Morgan fingerprint density at radius 1 is 0.938 bits per heavy atom. The minimum absolute atomic E-state index is 0.0333. The van der Waals surface area contributed by atoms with Crippen LogP contribution < -0.4 is 0 Å². The maximum atomic E-state index is 11.8. The molecule has 2 aliphatic heterocycles. The molecule has 0 aromatic carbocycles. The highest BCUT2D eigenvalue weighted by Crippen LogP contribution is 2.50. The zero-order valence-electron chi connectivity index (χ0n) is 20.3. The lowest BCUT2D eigenvalue weighted by atomic mass is 9.68. The van der Waals surface area contributed by atoms with Gasteiger partial charge in [-0.2, -0.15) is 0 Å². The molecule has 0 aromatic rings. The summed E-state index contributed by atoms with van der Waals surface area (Å²) in [5.74, 6) is -0.894. The van der Waals surface area contributed by atoms with Gasteiger partial charge in [0.1, 0.15) is 0 Å². The summed E-state index contributed by atoms with van der Waals surface area (Å²) in [6.45, 7) is 12.4. The molecule has 3 aliphatic rings. The monoisotopic (exact) mass is 453 g/mol. The second-order valence-corrected chi connectivity index (χ2v) is 10.7. The van der Waals surface area contributed by atoms with Crippen molar-refractivity contribution in [2.24, 2.45) is 11.3 Å². The molecule has 0 amide bonds. The Morgan fingerprint density at radius 3 is 2.00 bits per heavy atom. The van der Waals surface area contributed by atoms with Crippen LogP contribution >= 0.6 is 0 Å².